The van der Waals surface area contributed by atoms with Gasteiger partial charge in [-0.2, -0.15) is 0 Å². The third-order valence-electron chi connectivity index (χ3n) is 4.79. The van der Waals surface area contributed by atoms with Gasteiger partial charge in [-0.1, -0.05) is 24.7 Å². The molecule has 2 heterocycles. The van der Waals surface area contributed by atoms with Crippen LogP contribution >= 0.6 is 12.2 Å². The van der Waals surface area contributed by atoms with Crippen LogP contribution in [0.15, 0.2) is 49.1 Å². The topological polar surface area (TPSA) is 64.1 Å². The van der Waals surface area contributed by atoms with Gasteiger partial charge in [0.25, 0.3) is 0 Å². The van der Waals surface area contributed by atoms with E-state index in [9.17, 15) is 4.79 Å². The molecule has 0 saturated heterocycles. The predicted molar refractivity (Wildman–Crippen MR) is 99.5 cm³/mol. The average molecular weight is 355 g/mol. The lowest BCUT2D eigenvalue weighted by molar-refractivity contribution is 0.00426. The Kier molecular flexibility index (Phi) is 5.38. The van der Waals surface area contributed by atoms with E-state index in [1.807, 2.05) is 25.4 Å². The van der Waals surface area contributed by atoms with Crippen LogP contribution in [0, 0.1) is 0 Å². The molecule has 5 nitrogen and oxygen atoms in total. The minimum atomic E-state index is -0.547. The highest BCUT2D eigenvalue weighted by Gasteiger charge is 2.48. The van der Waals surface area contributed by atoms with Crippen LogP contribution in [0.3, 0.4) is 0 Å². The Bertz CT molecular complexity index is 739. The first-order chi connectivity index (χ1) is 12.2. The molecule has 25 heavy (non-hydrogen) atoms. The van der Waals surface area contributed by atoms with E-state index >= 15 is 0 Å². The van der Waals surface area contributed by atoms with Crippen molar-refractivity contribution in [3.63, 3.8) is 0 Å². The summed E-state index contributed by atoms with van der Waals surface area (Å²) < 4.78 is 5.94. The van der Waals surface area contributed by atoms with Crippen molar-refractivity contribution in [3.05, 3.63) is 60.2 Å². The summed E-state index contributed by atoms with van der Waals surface area (Å²) in [6.07, 6.45) is 9.99. The Hall–Kier alpha value is -2.34. The van der Waals surface area contributed by atoms with Crippen LogP contribution in [-0.4, -0.2) is 34.1 Å². The number of hydrogen-bond donors (Lipinski definition) is 1. The fourth-order valence-corrected chi connectivity index (χ4v) is 3.90. The van der Waals surface area contributed by atoms with Gasteiger partial charge in [0.15, 0.2) is 0 Å². The molecule has 1 saturated carbocycles. The van der Waals surface area contributed by atoms with Crippen molar-refractivity contribution in [1.29, 1.82) is 0 Å². The maximum atomic E-state index is 12.6. The Morgan fingerprint density at radius 2 is 2.00 bits per heavy atom. The number of ether oxygens (including phenoxy) is 1. The van der Waals surface area contributed by atoms with E-state index in [0.29, 0.717) is 10.6 Å². The molecule has 130 valence electrons. The van der Waals surface area contributed by atoms with Gasteiger partial charge in [-0.15, -0.1) is 0 Å². The number of carbonyl (C=O) groups excluding carboxylic acids is 1. The highest BCUT2D eigenvalue weighted by molar-refractivity contribution is 7.80. The summed E-state index contributed by atoms with van der Waals surface area (Å²) in [7, 11) is 1.81. The van der Waals surface area contributed by atoms with Crippen molar-refractivity contribution in [3.8, 4) is 0 Å². The van der Waals surface area contributed by atoms with Crippen LogP contribution in [-0.2, 0) is 10.2 Å². The molecule has 1 aliphatic carbocycles. The second-order valence-corrected chi connectivity index (χ2v) is 6.58. The highest BCUT2D eigenvalue weighted by Crippen LogP contribution is 2.42. The number of carbonyl (C=O) groups is 1. The molecule has 2 unspecified atom stereocenters. The molecule has 2 aromatic heterocycles. The molecule has 0 amide bonds. The van der Waals surface area contributed by atoms with Crippen LogP contribution in [0.2, 0.25) is 0 Å². The molecule has 0 radical (unpaired) electrons. The Morgan fingerprint density at radius 1 is 1.24 bits per heavy atom. The van der Waals surface area contributed by atoms with Gasteiger partial charge in [0.05, 0.1) is 16.0 Å². The number of nitrogens with zero attached hydrogens (tertiary/aromatic N) is 2. The summed E-state index contributed by atoms with van der Waals surface area (Å²) in [5.74, 6) is -0.368. The number of nitrogens with one attached hydrogen (secondary N) is 1. The Labute approximate surface area is 152 Å². The zero-order valence-electron chi connectivity index (χ0n) is 14.1. The summed E-state index contributed by atoms with van der Waals surface area (Å²) in [4.78, 5) is 21.5. The molecule has 1 N–H and O–H groups in total. The molecule has 3 rings (SSSR count). The van der Waals surface area contributed by atoms with E-state index in [1.54, 1.807) is 24.5 Å². The molecule has 2 aromatic rings. The van der Waals surface area contributed by atoms with Gasteiger partial charge in [-0.05, 0) is 43.0 Å². The van der Waals surface area contributed by atoms with Gasteiger partial charge in [-0.25, -0.2) is 4.79 Å². The number of pyridine rings is 2. The number of hydrogen-bond acceptors (Lipinski definition) is 5. The summed E-state index contributed by atoms with van der Waals surface area (Å²) >= 11 is 5.67. The maximum Gasteiger partial charge on any atom is 0.340 e. The SMILES string of the molecule is CNC(=S)C1(c2cccnc2)CCCCC1OC(=O)c1cccnc1. The number of thiocarbonyl (C=S) groups is 1. The third-order valence-corrected chi connectivity index (χ3v) is 5.36. The molecule has 2 atom stereocenters. The van der Waals surface area contributed by atoms with Gasteiger partial charge >= 0.3 is 5.97 Å². The van der Waals surface area contributed by atoms with Crippen LogP contribution in [0.1, 0.15) is 41.6 Å². The van der Waals surface area contributed by atoms with E-state index < -0.39 is 5.41 Å². The molecular weight excluding hydrogens is 334 g/mol. The number of rotatable bonds is 4. The molecule has 1 fully saturated rings. The van der Waals surface area contributed by atoms with Crippen molar-refractivity contribution in [2.24, 2.45) is 0 Å². The van der Waals surface area contributed by atoms with E-state index in [2.05, 4.69) is 15.3 Å². The fourth-order valence-electron chi connectivity index (χ4n) is 3.55. The van der Waals surface area contributed by atoms with Crippen molar-refractivity contribution in [2.45, 2.75) is 37.2 Å². The highest BCUT2D eigenvalue weighted by atomic mass is 32.1. The first kappa shape index (κ1) is 17.5. The molecule has 0 aromatic carbocycles. The van der Waals surface area contributed by atoms with Crippen molar-refractivity contribution < 1.29 is 9.53 Å². The summed E-state index contributed by atoms with van der Waals surface area (Å²) in [6.45, 7) is 0. The zero-order chi connectivity index (χ0) is 17.7. The van der Waals surface area contributed by atoms with Crippen molar-refractivity contribution in [2.75, 3.05) is 7.05 Å². The lowest BCUT2D eigenvalue weighted by atomic mass is 9.67. The predicted octanol–water partition coefficient (Wildman–Crippen LogP) is 3.06. The number of aromatic nitrogens is 2. The molecule has 0 bridgehead atoms. The van der Waals surface area contributed by atoms with E-state index in [0.717, 1.165) is 31.2 Å². The fraction of sp³-hybridized carbons (Fsp3) is 0.368. The van der Waals surface area contributed by atoms with Gasteiger partial charge < -0.3 is 10.1 Å². The largest absolute Gasteiger partial charge is 0.457 e. The Morgan fingerprint density at radius 3 is 2.64 bits per heavy atom. The molecule has 0 spiro atoms. The second kappa shape index (κ2) is 7.70. The third kappa shape index (κ3) is 3.39. The van der Waals surface area contributed by atoms with E-state index in [-0.39, 0.29) is 12.1 Å². The average Bonchev–Trinajstić information content (AvgIpc) is 2.69. The lowest BCUT2D eigenvalue weighted by Gasteiger charge is -2.43. The van der Waals surface area contributed by atoms with Gasteiger partial charge in [0, 0.05) is 31.8 Å². The van der Waals surface area contributed by atoms with E-state index in [4.69, 9.17) is 17.0 Å². The minimum absolute atomic E-state index is 0.335. The summed E-state index contributed by atoms with van der Waals surface area (Å²) in [6, 6.07) is 7.33. The standard InChI is InChI=1S/C19H21N3O2S/c1-20-18(25)19(15-7-5-11-22-13-15)9-3-2-8-16(19)24-17(23)14-6-4-10-21-12-14/h4-7,10-13,16H,2-3,8-9H2,1H3,(H,20,25). The van der Waals surface area contributed by atoms with Crippen molar-refractivity contribution in [1.82, 2.24) is 15.3 Å². The maximum absolute atomic E-state index is 12.6. The van der Waals surface area contributed by atoms with Gasteiger partial charge in [-0.3, -0.25) is 9.97 Å². The molecule has 1 aliphatic rings. The van der Waals surface area contributed by atoms with Crippen LogP contribution in [0.5, 0.6) is 0 Å². The number of likely N-dealkylation sites (N-methyl/N-ethyl adjacent to an activating group) is 1. The van der Waals surface area contributed by atoms with Crippen molar-refractivity contribution >= 4 is 23.2 Å². The monoisotopic (exact) mass is 355 g/mol. The minimum Gasteiger partial charge on any atom is -0.457 e. The molecule has 6 heteroatoms. The van der Waals surface area contributed by atoms with E-state index in [1.165, 1.54) is 6.20 Å². The summed E-state index contributed by atoms with van der Waals surface area (Å²) in [5, 5.41) is 3.12. The smallest absolute Gasteiger partial charge is 0.340 e. The Balaban J connectivity index is 1.97. The normalized spacial score (nSPS) is 22.8. The van der Waals surface area contributed by atoms with Crippen LogP contribution in [0.4, 0.5) is 0 Å². The first-order valence-electron chi connectivity index (χ1n) is 8.42. The zero-order valence-corrected chi connectivity index (χ0v) is 15.0. The lowest BCUT2D eigenvalue weighted by Crippen LogP contribution is -2.53. The van der Waals surface area contributed by atoms with Gasteiger partial charge in [0.1, 0.15) is 6.10 Å². The van der Waals surface area contributed by atoms with Crippen LogP contribution in [0.25, 0.3) is 0 Å². The second-order valence-electron chi connectivity index (χ2n) is 6.17. The molecular formula is C19H21N3O2S. The first-order valence-corrected chi connectivity index (χ1v) is 8.83. The van der Waals surface area contributed by atoms with Gasteiger partial charge in [0.2, 0.25) is 0 Å². The van der Waals surface area contributed by atoms with Crippen LogP contribution < -0.4 is 5.32 Å². The summed E-state index contributed by atoms with van der Waals surface area (Å²) in [5.41, 5.74) is 0.885. The number of esters is 1. The molecule has 0 aliphatic heterocycles. The quantitative estimate of drug-likeness (QED) is 0.672.